The van der Waals surface area contributed by atoms with E-state index in [1.54, 1.807) is 19.1 Å². The molecule has 2 aromatic carbocycles. The molecule has 0 fully saturated rings. The molecule has 3 aromatic rings. The number of carbonyl (C=O) groups excluding carboxylic acids is 1. The third kappa shape index (κ3) is 4.24. The van der Waals surface area contributed by atoms with Crippen molar-refractivity contribution in [2.75, 3.05) is 11.9 Å². The quantitative estimate of drug-likeness (QED) is 0.503. The highest BCUT2D eigenvalue weighted by Gasteiger charge is 2.17. The number of aromatic nitrogens is 2. The van der Waals surface area contributed by atoms with Gasteiger partial charge in [0.15, 0.2) is 6.61 Å². The summed E-state index contributed by atoms with van der Waals surface area (Å²) in [6.07, 6.45) is 1.25. The number of benzene rings is 2. The van der Waals surface area contributed by atoms with Crippen molar-refractivity contribution in [3.05, 3.63) is 62.4 Å². The minimum absolute atomic E-state index is 0.0813. The third-order valence-corrected chi connectivity index (χ3v) is 4.09. The van der Waals surface area contributed by atoms with Gasteiger partial charge in [-0.3, -0.25) is 14.9 Å². The number of aryl methyl sites for hydroxylation is 1. The molecule has 0 saturated heterocycles. The molecule has 0 saturated carbocycles. The molecule has 0 atom stereocenters. The number of nitro benzene ring substituents is 1. The maximum absolute atomic E-state index is 12.2. The molecule has 1 N–H and O–H groups in total. The second-order valence-corrected chi connectivity index (χ2v) is 6.42. The normalized spacial score (nSPS) is 10.6. The average molecular weight is 407 g/mol. The van der Waals surface area contributed by atoms with Crippen LogP contribution in [-0.2, 0) is 4.79 Å². The largest absolute Gasteiger partial charge is 0.467 e. The van der Waals surface area contributed by atoms with Crippen molar-refractivity contribution in [2.45, 2.75) is 6.92 Å². The summed E-state index contributed by atoms with van der Waals surface area (Å²) in [5.74, 6) is -0.459. The van der Waals surface area contributed by atoms with Crippen LogP contribution in [0, 0.1) is 17.0 Å². The lowest BCUT2D eigenvalue weighted by atomic mass is 10.2. The first-order chi connectivity index (χ1) is 12.8. The number of anilines is 1. The summed E-state index contributed by atoms with van der Waals surface area (Å²) < 4.78 is 5.44. The first kappa shape index (κ1) is 18.8. The fourth-order valence-electron chi connectivity index (χ4n) is 2.40. The minimum atomic E-state index is -0.582. The van der Waals surface area contributed by atoms with Crippen molar-refractivity contribution in [1.82, 2.24) is 9.97 Å². The first-order valence-corrected chi connectivity index (χ1v) is 8.38. The number of nitrogens with one attached hydrogen (secondary N) is 1. The lowest BCUT2D eigenvalue weighted by Crippen LogP contribution is -2.21. The van der Waals surface area contributed by atoms with Crippen LogP contribution in [0.1, 0.15) is 5.56 Å². The van der Waals surface area contributed by atoms with Gasteiger partial charge in [0.1, 0.15) is 12.0 Å². The van der Waals surface area contributed by atoms with Crippen LogP contribution in [0.5, 0.6) is 5.88 Å². The maximum atomic E-state index is 12.2. The molecule has 27 heavy (non-hydrogen) atoms. The molecule has 1 aromatic heterocycles. The van der Waals surface area contributed by atoms with Gasteiger partial charge in [0.2, 0.25) is 5.88 Å². The zero-order valence-corrected chi connectivity index (χ0v) is 15.4. The number of fused-ring (bicyclic) bond motifs is 1. The van der Waals surface area contributed by atoms with Crippen LogP contribution in [-0.4, -0.2) is 27.4 Å². The lowest BCUT2D eigenvalue weighted by molar-refractivity contribution is -0.384. The van der Waals surface area contributed by atoms with E-state index in [-0.39, 0.29) is 17.3 Å². The molecule has 138 valence electrons. The fourth-order valence-corrected chi connectivity index (χ4v) is 2.94. The highest BCUT2D eigenvalue weighted by atomic mass is 35.5. The molecule has 0 radical (unpaired) electrons. The lowest BCUT2D eigenvalue weighted by Gasteiger charge is -2.10. The van der Waals surface area contributed by atoms with Crippen molar-refractivity contribution in [3.8, 4) is 5.88 Å². The van der Waals surface area contributed by atoms with Crippen molar-refractivity contribution in [1.29, 1.82) is 0 Å². The Bertz CT molecular complexity index is 1060. The molecular weight excluding hydrogens is 395 g/mol. The van der Waals surface area contributed by atoms with Crippen LogP contribution >= 0.6 is 23.2 Å². The molecule has 3 rings (SSSR count). The number of nitrogens with zero attached hydrogens (tertiary/aromatic N) is 3. The van der Waals surface area contributed by atoms with E-state index in [0.29, 0.717) is 26.5 Å². The van der Waals surface area contributed by atoms with Gasteiger partial charge in [-0.15, -0.1) is 0 Å². The Morgan fingerprint density at radius 2 is 2.04 bits per heavy atom. The summed E-state index contributed by atoms with van der Waals surface area (Å²) in [4.78, 5) is 30.8. The third-order valence-electron chi connectivity index (χ3n) is 3.58. The van der Waals surface area contributed by atoms with Crippen molar-refractivity contribution in [2.24, 2.45) is 0 Å². The second-order valence-electron chi connectivity index (χ2n) is 5.58. The Morgan fingerprint density at radius 1 is 1.26 bits per heavy atom. The van der Waals surface area contributed by atoms with Gasteiger partial charge in [-0.25, -0.2) is 9.97 Å². The number of nitro groups is 1. The van der Waals surface area contributed by atoms with Crippen molar-refractivity contribution < 1.29 is 14.5 Å². The van der Waals surface area contributed by atoms with Gasteiger partial charge in [0.25, 0.3) is 11.6 Å². The van der Waals surface area contributed by atoms with E-state index in [4.69, 9.17) is 27.9 Å². The molecule has 0 aliphatic rings. The summed E-state index contributed by atoms with van der Waals surface area (Å²) in [7, 11) is 0. The highest BCUT2D eigenvalue weighted by Crippen LogP contribution is 2.31. The number of amides is 1. The number of rotatable bonds is 5. The van der Waals surface area contributed by atoms with Gasteiger partial charge < -0.3 is 10.1 Å². The molecule has 1 heterocycles. The number of halogens is 2. The Balaban J connectivity index is 1.78. The van der Waals surface area contributed by atoms with Crippen LogP contribution in [0.25, 0.3) is 10.9 Å². The fraction of sp³-hybridized carbons (Fsp3) is 0.118. The molecule has 0 spiro atoms. The Labute approximate surface area is 163 Å². The van der Waals surface area contributed by atoms with Crippen LogP contribution in [0.3, 0.4) is 0 Å². The van der Waals surface area contributed by atoms with Crippen LogP contribution in [0.4, 0.5) is 11.4 Å². The van der Waals surface area contributed by atoms with E-state index in [1.807, 2.05) is 0 Å². The van der Waals surface area contributed by atoms with Crippen LogP contribution in [0.2, 0.25) is 10.0 Å². The molecule has 0 aliphatic heterocycles. The SMILES string of the molecule is Cc1ccc(NC(=O)COc2ncnc3c(Cl)cc(Cl)cc23)c([N+](=O)[O-])c1. The molecule has 1 amide bonds. The molecular formula is C17H12Cl2N4O4. The van der Waals surface area contributed by atoms with Gasteiger partial charge in [-0.1, -0.05) is 29.3 Å². The summed E-state index contributed by atoms with van der Waals surface area (Å²) in [5, 5.41) is 14.7. The second kappa shape index (κ2) is 7.73. The summed E-state index contributed by atoms with van der Waals surface area (Å²) in [6, 6.07) is 7.60. The Kier molecular flexibility index (Phi) is 5.38. The van der Waals surface area contributed by atoms with E-state index in [0.717, 1.165) is 0 Å². The number of hydrogen-bond acceptors (Lipinski definition) is 6. The van der Waals surface area contributed by atoms with Gasteiger partial charge >= 0.3 is 0 Å². The molecule has 0 unspecified atom stereocenters. The first-order valence-electron chi connectivity index (χ1n) is 7.62. The monoisotopic (exact) mass is 406 g/mol. The van der Waals surface area contributed by atoms with Gasteiger partial charge in [-0.05, 0) is 30.7 Å². The summed E-state index contributed by atoms with van der Waals surface area (Å²) in [6.45, 7) is 1.31. The van der Waals surface area contributed by atoms with Crippen molar-refractivity contribution in [3.63, 3.8) is 0 Å². The summed E-state index contributed by atoms with van der Waals surface area (Å²) >= 11 is 12.1. The van der Waals surface area contributed by atoms with E-state index in [2.05, 4.69) is 15.3 Å². The summed E-state index contributed by atoms with van der Waals surface area (Å²) in [5.41, 5.74) is 1.02. The van der Waals surface area contributed by atoms with E-state index in [1.165, 1.54) is 24.5 Å². The maximum Gasteiger partial charge on any atom is 0.293 e. The molecule has 8 nitrogen and oxygen atoms in total. The molecule has 0 bridgehead atoms. The van der Waals surface area contributed by atoms with Crippen LogP contribution in [0.15, 0.2) is 36.7 Å². The van der Waals surface area contributed by atoms with E-state index >= 15 is 0 Å². The molecule has 10 heteroatoms. The van der Waals surface area contributed by atoms with E-state index in [9.17, 15) is 14.9 Å². The Hall–Kier alpha value is -2.97. The minimum Gasteiger partial charge on any atom is -0.467 e. The number of hydrogen-bond donors (Lipinski definition) is 1. The van der Waals surface area contributed by atoms with Gasteiger partial charge in [-0.2, -0.15) is 0 Å². The standard InChI is InChI=1S/C17H12Cl2N4O4/c1-9-2-3-13(14(4-9)23(25)26)22-15(24)7-27-17-11-5-10(18)6-12(19)16(11)20-8-21-17/h2-6,8H,7H2,1H3,(H,22,24). The zero-order chi connectivity index (χ0) is 19.6. The predicted molar refractivity (Wildman–Crippen MR) is 102 cm³/mol. The van der Waals surface area contributed by atoms with Crippen molar-refractivity contribution >= 4 is 51.4 Å². The highest BCUT2D eigenvalue weighted by molar-refractivity contribution is 6.38. The zero-order valence-electron chi connectivity index (χ0n) is 13.9. The number of carbonyl (C=O) groups is 1. The number of ether oxygens (including phenoxy) is 1. The Morgan fingerprint density at radius 3 is 2.78 bits per heavy atom. The van der Waals surface area contributed by atoms with Gasteiger partial charge in [0, 0.05) is 11.1 Å². The smallest absolute Gasteiger partial charge is 0.293 e. The molecule has 0 aliphatic carbocycles. The topological polar surface area (TPSA) is 107 Å². The van der Waals surface area contributed by atoms with Crippen LogP contribution < -0.4 is 10.1 Å². The predicted octanol–water partition coefficient (Wildman–Crippen LogP) is 4.17. The van der Waals surface area contributed by atoms with E-state index < -0.39 is 17.4 Å². The van der Waals surface area contributed by atoms with Gasteiger partial charge in [0.05, 0.1) is 20.8 Å². The average Bonchev–Trinajstić information content (AvgIpc) is 2.61.